The minimum atomic E-state index is -3.03. The molecule has 6 nitrogen and oxygen atoms in total. The molecule has 2 rings (SSSR count). The fourth-order valence-corrected chi connectivity index (χ4v) is 4.38. The molecule has 0 bridgehead atoms. The van der Waals surface area contributed by atoms with Gasteiger partial charge in [-0.2, -0.15) is 0 Å². The van der Waals surface area contributed by atoms with Crippen molar-refractivity contribution in [2.45, 2.75) is 45.4 Å². The molecule has 0 atom stereocenters. The summed E-state index contributed by atoms with van der Waals surface area (Å²) in [6, 6.07) is 0. The van der Waals surface area contributed by atoms with E-state index in [-0.39, 0.29) is 0 Å². The maximum Gasteiger partial charge on any atom is 0.211 e. The van der Waals surface area contributed by atoms with E-state index in [0.29, 0.717) is 24.4 Å². The summed E-state index contributed by atoms with van der Waals surface area (Å²) in [4.78, 5) is 4.31. The molecular formula is C16H32N4O2S. The SMILES string of the molecule is CCC1(CNC(=NC)NCC2CCN(S(C)(=O)=O)CC2)CCC1. The van der Waals surface area contributed by atoms with Crippen molar-refractivity contribution in [3.8, 4) is 0 Å². The Bertz CT molecular complexity index is 501. The van der Waals surface area contributed by atoms with Crippen LogP contribution in [-0.4, -0.2) is 58.2 Å². The van der Waals surface area contributed by atoms with E-state index in [1.54, 1.807) is 11.4 Å². The van der Waals surface area contributed by atoms with Crippen LogP contribution in [0.5, 0.6) is 0 Å². The number of hydrogen-bond donors (Lipinski definition) is 2. The predicted molar refractivity (Wildman–Crippen MR) is 95.1 cm³/mol. The van der Waals surface area contributed by atoms with E-state index in [4.69, 9.17) is 0 Å². The van der Waals surface area contributed by atoms with Crippen LogP contribution in [0.15, 0.2) is 4.99 Å². The van der Waals surface area contributed by atoms with Gasteiger partial charge in [-0.05, 0) is 43.4 Å². The molecule has 1 aliphatic heterocycles. The predicted octanol–water partition coefficient (Wildman–Crippen LogP) is 1.40. The number of nitrogens with one attached hydrogen (secondary N) is 2. The van der Waals surface area contributed by atoms with Crippen molar-refractivity contribution in [2.75, 3.05) is 39.5 Å². The van der Waals surface area contributed by atoms with E-state index >= 15 is 0 Å². The average Bonchev–Trinajstić information content (AvgIpc) is 2.49. The van der Waals surface area contributed by atoms with Gasteiger partial charge in [0.1, 0.15) is 0 Å². The fraction of sp³-hybridized carbons (Fsp3) is 0.938. The molecule has 1 heterocycles. The Hall–Kier alpha value is -0.820. The molecule has 2 N–H and O–H groups in total. The van der Waals surface area contributed by atoms with Crippen molar-refractivity contribution in [2.24, 2.45) is 16.3 Å². The zero-order valence-corrected chi connectivity index (χ0v) is 15.6. The van der Waals surface area contributed by atoms with Gasteiger partial charge in [-0.25, -0.2) is 12.7 Å². The maximum atomic E-state index is 11.5. The second kappa shape index (κ2) is 7.83. The number of sulfonamides is 1. The molecule has 134 valence electrons. The third-order valence-electron chi connectivity index (χ3n) is 5.62. The van der Waals surface area contributed by atoms with Crippen molar-refractivity contribution in [3.05, 3.63) is 0 Å². The van der Waals surface area contributed by atoms with E-state index in [0.717, 1.165) is 31.9 Å². The highest BCUT2D eigenvalue weighted by molar-refractivity contribution is 7.88. The summed E-state index contributed by atoms with van der Waals surface area (Å²) in [6.45, 7) is 5.39. The van der Waals surface area contributed by atoms with Gasteiger partial charge in [-0.15, -0.1) is 0 Å². The molecule has 0 unspecified atom stereocenters. The van der Waals surface area contributed by atoms with Gasteiger partial charge in [0.15, 0.2) is 5.96 Å². The van der Waals surface area contributed by atoms with Crippen LogP contribution >= 0.6 is 0 Å². The number of rotatable bonds is 6. The smallest absolute Gasteiger partial charge is 0.211 e. The van der Waals surface area contributed by atoms with Crippen molar-refractivity contribution in [1.82, 2.24) is 14.9 Å². The normalized spacial score (nSPS) is 23.3. The van der Waals surface area contributed by atoms with E-state index < -0.39 is 10.0 Å². The van der Waals surface area contributed by atoms with Gasteiger partial charge in [0.2, 0.25) is 10.0 Å². The molecule has 1 saturated heterocycles. The zero-order valence-electron chi connectivity index (χ0n) is 14.8. The zero-order chi connectivity index (χ0) is 16.9. The van der Waals surface area contributed by atoms with Gasteiger partial charge < -0.3 is 10.6 Å². The summed E-state index contributed by atoms with van der Waals surface area (Å²) >= 11 is 0. The van der Waals surface area contributed by atoms with Crippen LogP contribution < -0.4 is 10.6 Å². The fourth-order valence-electron chi connectivity index (χ4n) is 3.51. The molecule has 1 aliphatic carbocycles. The highest BCUT2D eigenvalue weighted by Crippen LogP contribution is 2.42. The van der Waals surface area contributed by atoms with Crippen molar-refractivity contribution < 1.29 is 8.42 Å². The van der Waals surface area contributed by atoms with Gasteiger partial charge in [-0.1, -0.05) is 13.3 Å². The van der Waals surface area contributed by atoms with E-state index in [1.165, 1.54) is 31.9 Å². The molecule has 0 aromatic carbocycles. The second-order valence-electron chi connectivity index (χ2n) is 7.12. The summed E-state index contributed by atoms with van der Waals surface area (Å²) < 4.78 is 24.6. The van der Waals surface area contributed by atoms with E-state index in [9.17, 15) is 8.42 Å². The number of aliphatic imine (C=N–C) groups is 1. The van der Waals surface area contributed by atoms with Gasteiger partial charge >= 0.3 is 0 Å². The van der Waals surface area contributed by atoms with E-state index in [2.05, 4.69) is 22.5 Å². The lowest BCUT2D eigenvalue weighted by atomic mass is 9.67. The van der Waals surface area contributed by atoms with Crippen molar-refractivity contribution >= 4 is 16.0 Å². The first-order valence-electron chi connectivity index (χ1n) is 8.78. The van der Waals surface area contributed by atoms with Crippen LogP contribution in [0.2, 0.25) is 0 Å². The molecular weight excluding hydrogens is 312 g/mol. The van der Waals surface area contributed by atoms with Crippen LogP contribution in [0.4, 0.5) is 0 Å². The summed E-state index contributed by atoms with van der Waals surface area (Å²) in [5, 5.41) is 6.88. The van der Waals surface area contributed by atoms with Crippen molar-refractivity contribution in [3.63, 3.8) is 0 Å². The summed E-state index contributed by atoms with van der Waals surface area (Å²) in [6.07, 6.45) is 8.32. The molecule has 0 amide bonds. The summed E-state index contributed by atoms with van der Waals surface area (Å²) in [5.41, 5.74) is 0.471. The first-order valence-corrected chi connectivity index (χ1v) is 10.6. The maximum absolute atomic E-state index is 11.5. The Kier molecular flexibility index (Phi) is 6.31. The van der Waals surface area contributed by atoms with Crippen LogP contribution in [0.1, 0.15) is 45.4 Å². The van der Waals surface area contributed by atoms with Gasteiger partial charge in [-0.3, -0.25) is 4.99 Å². The number of piperidine rings is 1. The summed E-state index contributed by atoms with van der Waals surface area (Å²) in [5.74, 6) is 1.38. The third-order valence-corrected chi connectivity index (χ3v) is 6.92. The quantitative estimate of drug-likeness (QED) is 0.564. The van der Waals surface area contributed by atoms with Gasteiger partial charge in [0.25, 0.3) is 0 Å². The van der Waals surface area contributed by atoms with Crippen LogP contribution in [-0.2, 0) is 10.0 Å². The lowest BCUT2D eigenvalue weighted by Gasteiger charge is -2.41. The monoisotopic (exact) mass is 344 g/mol. The second-order valence-corrected chi connectivity index (χ2v) is 9.10. The lowest BCUT2D eigenvalue weighted by Crippen LogP contribution is -2.48. The molecule has 7 heteroatoms. The average molecular weight is 345 g/mol. The molecule has 0 aromatic heterocycles. The van der Waals surface area contributed by atoms with Gasteiger partial charge in [0, 0.05) is 33.2 Å². The number of guanidine groups is 1. The molecule has 0 aromatic rings. The van der Waals surface area contributed by atoms with Crippen LogP contribution in [0, 0.1) is 11.3 Å². The molecule has 0 radical (unpaired) electrons. The lowest BCUT2D eigenvalue weighted by molar-refractivity contribution is 0.131. The molecule has 2 fully saturated rings. The first kappa shape index (κ1) is 18.5. The summed E-state index contributed by atoms with van der Waals surface area (Å²) in [7, 11) is -1.23. The minimum absolute atomic E-state index is 0.471. The Morgan fingerprint density at radius 3 is 2.35 bits per heavy atom. The van der Waals surface area contributed by atoms with E-state index in [1.807, 2.05) is 0 Å². The van der Waals surface area contributed by atoms with Crippen molar-refractivity contribution in [1.29, 1.82) is 0 Å². The Labute approximate surface area is 141 Å². The number of hydrogen-bond acceptors (Lipinski definition) is 3. The third kappa shape index (κ3) is 5.08. The minimum Gasteiger partial charge on any atom is -0.356 e. The Balaban J connectivity index is 1.70. The van der Waals surface area contributed by atoms with Crippen LogP contribution in [0.25, 0.3) is 0 Å². The molecule has 0 spiro atoms. The topological polar surface area (TPSA) is 73.8 Å². The Morgan fingerprint density at radius 1 is 1.26 bits per heavy atom. The standard InChI is InChI=1S/C16H32N4O2S/c1-4-16(8-5-9-16)13-19-15(17-2)18-12-14-6-10-20(11-7-14)23(3,21)22/h14H,4-13H2,1-3H3,(H2,17,18,19). The first-order chi connectivity index (χ1) is 10.9. The van der Waals surface area contributed by atoms with Gasteiger partial charge in [0.05, 0.1) is 6.26 Å². The molecule has 23 heavy (non-hydrogen) atoms. The highest BCUT2D eigenvalue weighted by atomic mass is 32.2. The largest absolute Gasteiger partial charge is 0.356 e. The Morgan fingerprint density at radius 2 is 1.91 bits per heavy atom. The number of nitrogens with zero attached hydrogens (tertiary/aromatic N) is 2. The highest BCUT2D eigenvalue weighted by Gasteiger charge is 2.35. The molecule has 2 aliphatic rings. The van der Waals surface area contributed by atoms with Crippen LogP contribution in [0.3, 0.4) is 0 Å². The molecule has 1 saturated carbocycles.